The van der Waals surface area contributed by atoms with Gasteiger partial charge in [0.2, 0.25) is 11.8 Å². The molecule has 1 aromatic rings. The molecule has 3 rings (SSSR count). The number of benzene rings is 1. The Balaban J connectivity index is 1.51. The third-order valence-corrected chi connectivity index (χ3v) is 5.91. The van der Waals surface area contributed by atoms with E-state index in [9.17, 15) is 9.59 Å². The van der Waals surface area contributed by atoms with Gasteiger partial charge in [-0.2, -0.15) is 0 Å². The van der Waals surface area contributed by atoms with Gasteiger partial charge in [0.15, 0.2) is 0 Å². The Morgan fingerprint density at radius 1 is 1.11 bits per heavy atom. The van der Waals surface area contributed by atoms with Crippen molar-refractivity contribution in [3.8, 4) is 0 Å². The molecule has 1 heterocycles. The Hall–Kier alpha value is -1.92. The fourth-order valence-corrected chi connectivity index (χ4v) is 4.23. The van der Waals surface area contributed by atoms with Gasteiger partial charge in [-0.05, 0) is 56.4 Å². The maximum Gasteiger partial charge on any atom is 0.242 e. The number of hydrogen-bond acceptors (Lipinski definition) is 4. The fourth-order valence-electron chi connectivity index (χ4n) is 4.23. The summed E-state index contributed by atoms with van der Waals surface area (Å²) < 4.78 is 0. The Morgan fingerprint density at radius 2 is 1.81 bits per heavy atom. The molecule has 2 atom stereocenters. The van der Waals surface area contributed by atoms with Gasteiger partial charge in [-0.15, -0.1) is 0 Å². The molecular formula is C21H32N4O2. The van der Waals surface area contributed by atoms with Crippen molar-refractivity contribution in [2.45, 2.75) is 63.1 Å². The molecule has 2 fully saturated rings. The summed E-state index contributed by atoms with van der Waals surface area (Å²) in [5, 5.41) is 3.07. The predicted molar refractivity (Wildman–Crippen MR) is 106 cm³/mol. The van der Waals surface area contributed by atoms with Crippen LogP contribution in [0.2, 0.25) is 0 Å². The summed E-state index contributed by atoms with van der Waals surface area (Å²) in [5.41, 5.74) is 13.1. The van der Waals surface area contributed by atoms with Crippen molar-refractivity contribution in [1.82, 2.24) is 10.2 Å². The highest BCUT2D eigenvalue weighted by Gasteiger charge is 2.36. The van der Waals surface area contributed by atoms with Crippen molar-refractivity contribution >= 4 is 11.8 Å². The molecule has 0 spiro atoms. The molecule has 0 bridgehead atoms. The second-order valence-electron chi connectivity index (χ2n) is 8.01. The van der Waals surface area contributed by atoms with Gasteiger partial charge < -0.3 is 21.7 Å². The van der Waals surface area contributed by atoms with E-state index in [1.165, 1.54) is 0 Å². The average Bonchev–Trinajstić information content (AvgIpc) is 3.17. The molecule has 27 heavy (non-hydrogen) atoms. The van der Waals surface area contributed by atoms with Crippen molar-refractivity contribution in [2.24, 2.45) is 17.4 Å². The van der Waals surface area contributed by atoms with Crippen LogP contribution in [-0.4, -0.2) is 47.9 Å². The molecule has 1 saturated carbocycles. The number of likely N-dealkylation sites (tertiary alicyclic amines) is 1. The van der Waals surface area contributed by atoms with Gasteiger partial charge in [-0.3, -0.25) is 9.59 Å². The molecule has 0 radical (unpaired) electrons. The normalized spacial score (nSPS) is 26.6. The van der Waals surface area contributed by atoms with Crippen LogP contribution in [-0.2, 0) is 16.0 Å². The van der Waals surface area contributed by atoms with E-state index in [4.69, 9.17) is 11.5 Å². The number of amides is 2. The first kappa shape index (κ1) is 19.8. The maximum absolute atomic E-state index is 12.8. The molecule has 2 aliphatic rings. The van der Waals surface area contributed by atoms with Crippen molar-refractivity contribution in [1.29, 1.82) is 0 Å². The van der Waals surface area contributed by atoms with E-state index in [2.05, 4.69) is 5.32 Å². The summed E-state index contributed by atoms with van der Waals surface area (Å²) in [7, 11) is 0. The number of nitrogens with one attached hydrogen (secondary N) is 1. The number of nitrogens with two attached hydrogens (primary N) is 2. The summed E-state index contributed by atoms with van der Waals surface area (Å²) in [6, 6.07) is 9.08. The Kier molecular flexibility index (Phi) is 6.85. The molecule has 1 aliphatic carbocycles. The summed E-state index contributed by atoms with van der Waals surface area (Å²) >= 11 is 0. The SMILES string of the molecule is NC1CCC(CNC(=O)[C@@H]2CCCN2C(=O)C(N)Cc2ccccc2)CC1. The van der Waals surface area contributed by atoms with Gasteiger partial charge in [-0.1, -0.05) is 30.3 Å². The van der Waals surface area contributed by atoms with Crippen LogP contribution in [0.4, 0.5) is 0 Å². The van der Waals surface area contributed by atoms with Crippen LogP contribution in [0.1, 0.15) is 44.1 Å². The van der Waals surface area contributed by atoms with Gasteiger partial charge in [0.25, 0.3) is 0 Å². The van der Waals surface area contributed by atoms with Crippen LogP contribution in [0.5, 0.6) is 0 Å². The highest BCUT2D eigenvalue weighted by Crippen LogP contribution is 2.23. The zero-order valence-electron chi connectivity index (χ0n) is 16.0. The monoisotopic (exact) mass is 372 g/mol. The standard InChI is InChI=1S/C21H32N4O2/c22-17-10-8-16(9-11-17)14-24-20(26)19-7-4-12-25(19)21(27)18(23)13-15-5-2-1-3-6-15/h1-3,5-6,16-19H,4,7-14,22-23H2,(H,24,26)/t16?,17?,18?,19-/m0/s1. The highest BCUT2D eigenvalue weighted by atomic mass is 16.2. The van der Waals surface area contributed by atoms with Crippen LogP contribution in [0.15, 0.2) is 30.3 Å². The van der Waals surface area contributed by atoms with Crippen molar-refractivity contribution in [3.63, 3.8) is 0 Å². The van der Waals surface area contributed by atoms with E-state index in [-0.39, 0.29) is 17.9 Å². The minimum atomic E-state index is -0.611. The summed E-state index contributed by atoms with van der Waals surface area (Å²) in [6.07, 6.45) is 6.25. The van der Waals surface area contributed by atoms with Gasteiger partial charge in [0.1, 0.15) is 6.04 Å². The molecule has 2 amide bonds. The van der Waals surface area contributed by atoms with Gasteiger partial charge in [-0.25, -0.2) is 0 Å². The zero-order chi connectivity index (χ0) is 19.2. The van der Waals surface area contributed by atoms with Crippen molar-refractivity contribution in [3.05, 3.63) is 35.9 Å². The van der Waals surface area contributed by atoms with Crippen molar-refractivity contribution in [2.75, 3.05) is 13.1 Å². The molecule has 6 nitrogen and oxygen atoms in total. The highest BCUT2D eigenvalue weighted by molar-refractivity contribution is 5.90. The van der Waals surface area contributed by atoms with Crippen molar-refractivity contribution < 1.29 is 9.59 Å². The second-order valence-corrected chi connectivity index (χ2v) is 8.01. The first-order valence-electron chi connectivity index (χ1n) is 10.2. The minimum Gasteiger partial charge on any atom is -0.354 e. The molecule has 1 aliphatic heterocycles. The van der Waals surface area contributed by atoms with Crippen LogP contribution in [0.25, 0.3) is 0 Å². The first-order chi connectivity index (χ1) is 13.0. The molecule has 148 valence electrons. The van der Waals surface area contributed by atoms with E-state index < -0.39 is 6.04 Å². The van der Waals surface area contributed by atoms with Crippen LogP contribution >= 0.6 is 0 Å². The lowest BCUT2D eigenvalue weighted by molar-refractivity contribution is -0.139. The van der Waals surface area contributed by atoms with Crippen LogP contribution in [0.3, 0.4) is 0 Å². The Morgan fingerprint density at radius 3 is 2.52 bits per heavy atom. The number of carbonyl (C=O) groups is 2. The van der Waals surface area contributed by atoms with Crippen LogP contribution < -0.4 is 16.8 Å². The number of carbonyl (C=O) groups excluding carboxylic acids is 2. The second kappa shape index (κ2) is 9.33. The quantitative estimate of drug-likeness (QED) is 0.698. The average molecular weight is 373 g/mol. The fraction of sp³-hybridized carbons (Fsp3) is 0.619. The van der Waals surface area contributed by atoms with E-state index in [1.807, 2.05) is 30.3 Å². The number of hydrogen-bond donors (Lipinski definition) is 3. The lowest BCUT2D eigenvalue weighted by Gasteiger charge is -2.29. The largest absolute Gasteiger partial charge is 0.354 e. The smallest absolute Gasteiger partial charge is 0.242 e. The topological polar surface area (TPSA) is 101 Å². The number of rotatable bonds is 6. The zero-order valence-corrected chi connectivity index (χ0v) is 16.0. The minimum absolute atomic E-state index is 0.0392. The Labute approximate surface area is 161 Å². The molecule has 6 heteroatoms. The lowest BCUT2D eigenvalue weighted by Crippen LogP contribution is -2.52. The molecule has 1 saturated heterocycles. The van der Waals surface area contributed by atoms with E-state index >= 15 is 0 Å². The van der Waals surface area contributed by atoms with Gasteiger partial charge in [0.05, 0.1) is 6.04 Å². The summed E-state index contributed by atoms with van der Waals surface area (Å²) in [4.78, 5) is 27.2. The lowest BCUT2D eigenvalue weighted by atomic mass is 9.86. The Bertz CT molecular complexity index is 628. The van der Waals surface area contributed by atoms with E-state index in [0.29, 0.717) is 37.9 Å². The molecular weight excluding hydrogens is 340 g/mol. The third kappa shape index (κ3) is 5.30. The predicted octanol–water partition coefficient (Wildman–Crippen LogP) is 1.18. The molecule has 0 aromatic heterocycles. The third-order valence-electron chi connectivity index (χ3n) is 5.91. The molecule has 1 aromatic carbocycles. The maximum atomic E-state index is 12.8. The molecule has 5 N–H and O–H groups in total. The van der Waals surface area contributed by atoms with E-state index in [1.54, 1.807) is 4.90 Å². The van der Waals surface area contributed by atoms with Gasteiger partial charge >= 0.3 is 0 Å². The summed E-state index contributed by atoms with van der Waals surface area (Å²) in [6.45, 7) is 1.29. The van der Waals surface area contributed by atoms with Gasteiger partial charge in [0, 0.05) is 19.1 Å². The van der Waals surface area contributed by atoms with Crippen LogP contribution in [0, 0.1) is 5.92 Å². The van der Waals surface area contributed by atoms with E-state index in [0.717, 1.165) is 37.7 Å². The number of nitrogens with zero attached hydrogens (tertiary/aromatic N) is 1. The molecule has 1 unspecified atom stereocenters. The first-order valence-corrected chi connectivity index (χ1v) is 10.2. The summed E-state index contributed by atoms with van der Waals surface area (Å²) in [5.74, 6) is 0.336.